The van der Waals surface area contributed by atoms with Crippen LogP contribution in [0.1, 0.15) is 36.2 Å². The molecule has 0 saturated carbocycles. The van der Waals surface area contributed by atoms with Gasteiger partial charge in [0.05, 0.1) is 6.04 Å². The Bertz CT molecular complexity index is 867. The van der Waals surface area contributed by atoms with Crippen LogP contribution in [-0.2, 0) is 13.6 Å². The van der Waals surface area contributed by atoms with Gasteiger partial charge in [-0.05, 0) is 32.0 Å². The zero-order valence-corrected chi connectivity index (χ0v) is 14.0. The van der Waals surface area contributed by atoms with Gasteiger partial charge in [0.2, 0.25) is 0 Å². The molecule has 3 aromatic rings. The highest BCUT2D eigenvalue weighted by atomic mass is 35.5. The summed E-state index contributed by atoms with van der Waals surface area (Å²) in [7, 11) is 1.85. The second-order valence-corrected chi connectivity index (χ2v) is 5.86. The summed E-state index contributed by atoms with van der Waals surface area (Å²) in [5.74, 6) is 0.584. The summed E-state index contributed by atoms with van der Waals surface area (Å²) in [5, 5.41) is 8.73. The topological polar surface area (TPSA) is 64.7 Å². The van der Waals surface area contributed by atoms with Crippen LogP contribution >= 0.6 is 11.6 Å². The van der Waals surface area contributed by atoms with Crippen LogP contribution < -0.4 is 5.32 Å². The fraction of sp³-hybridized carbons (Fsp3) is 0.312. The Morgan fingerprint density at radius 1 is 1.39 bits per heavy atom. The van der Waals surface area contributed by atoms with E-state index in [1.54, 1.807) is 4.68 Å². The Kier molecular flexibility index (Phi) is 4.09. The van der Waals surface area contributed by atoms with Gasteiger partial charge >= 0.3 is 0 Å². The number of aryl methyl sites for hydroxylation is 2. The van der Waals surface area contributed by atoms with E-state index in [2.05, 4.69) is 15.4 Å². The first-order valence-corrected chi connectivity index (χ1v) is 7.82. The highest BCUT2D eigenvalue weighted by Gasteiger charge is 2.19. The monoisotopic (exact) mass is 331 g/mol. The molecule has 6 nitrogen and oxygen atoms in total. The predicted molar refractivity (Wildman–Crippen MR) is 89.5 cm³/mol. The lowest BCUT2D eigenvalue weighted by atomic mass is 10.2. The maximum atomic E-state index is 12.6. The highest BCUT2D eigenvalue weighted by molar-refractivity contribution is 6.31. The van der Waals surface area contributed by atoms with Crippen LogP contribution in [0.25, 0.3) is 10.9 Å². The number of aromatic nitrogens is 4. The molecule has 2 aromatic heterocycles. The quantitative estimate of drug-likeness (QED) is 0.799. The normalized spacial score (nSPS) is 12.5. The number of hydrogen-bond donors (Lipinski definition) is 1. The number of carbonyl (C=O) groups is 1. The van der Waals surface area contributed by atoms with E-state index in [-0.39, 0.29) is 11.9 Å². The largest absolute Gasteiger partial charge is 0.341 e. The molecular weight excluding hydrogens is 314 g/mol. The number of nitrogens with one attached hydrogen (secondary N) is 1. The van der Waals surface area contributed by atoms with E-state index in [4.69, 9.17) is 11.6 Å². The second kappa shape index (κ2) is 6.04. The zero-order chi connectivity index (χ0) is 16.6. The Morgan fingerprint density at radius 2 is 2.17 bits per heavy atom. The van der Waals surface area contributed by atoms with Crippen molar-refractivity contribution < 1.29 is 4.79 Å². The molecule has 2 heterocycles. The maximum Gasteiger partial charge on any atom is 0.268 e. The Labute approximate surface area is 139 Å². The van der Waals surface area contributed by atoms with Gasteiger partial charge in [-0.1, -0.05) is 17.7 Å². The van der Waals surface area contributed by atoms with Crippen molar-refractivity contribution in [2.24, 2.45) is 7.05 Å². The average Bonchev–Trinajstić information content (AvgIpc) is 3.12. The Balaban J connectivity index is 1.87. The highest BCUT2D eigenvalue weighted by Crippen LogP contribution is 2.23. The third kappa shape index (κ3) is 2.82. The second-order valence-electron chi connectivity index (χ2n) is 5.42. The summed E-state index contributed by atoms with van der Waals surface area (Å²) in [4.78, 5) is 16.8. The number of fused-ring (bicyclic) bond motifs is 1. The van der Waals surface area contributed by atoms with Gasteiger partial charge in [-0.3, -0.25) is 4.79 Å². The molecule has 1 N–H and O–H groups in total. The van der Waals surface area contributed by atoms with Gasteiger partial charge in [-0.15, -0.1) is 0 Å². The summed E-state index contributed by atoms with van der Waals surface area (Å²) < 4.78 is 3.61. The average molecular weight is 332 g/mol. The molecule has 1 aromatic carbocycles. The number of rotatable bonds is 4. The molecule has 0 unspecified atom stereocenters. The number of hydrogen-bond acceptors (Lipinski definition) is 3. The SMILES string of the molecule is CCn1ncnc1[C@H](C)NC(=O)c1cc2ccc(Cl)cc2n1C. The molecule has 0 aliphatic carbocycles. The van der Waals surface area contributed by atoms with Crippen molar-refractivity contribution in [3.05, 3.63) is 47.1 Å². The minimum absolute atomic E-state index is 0.155. The summed E-state index contributed by atoms with van der Waals surface area (Å²) in [5.41, 5.74) is 1.50. The van der Waals surface area contributed by atoms with Crippen LogP contribution in [0, 0.1) is 0 Å². The van der Waals surface area contributed by atoms with Crippen LogP contribution in [0.5, 0.6) is 0 Å². The van der Waals surface area contributed by atoms with Crippen molar-refractivity contribution in [1.29, 1.82) is 0 Å². The molecule has 120 valence electrons. The smallest absolute Gasteiger partial charge is 0.268 e. The van der Waals surface area contributed by atoms with Crippen molar-refractivity contribution in [3.63, 3.8) is 0 Å². The lowest BCUT2D eigenvalue weighted by Crippen LogP contribution is -2.30. The van der Waals surface area contributed by atoms with Crippen molar-refractivity contribution in [2.45, 2.75) is 26.4 Å². The molecule has 0 aliphatic rings. The van der Waals surface area contributed by atoms with Crippen molar-refractivity contribution in [3.8, 4) is 0 Å². The lowest BCUT2D eigenvalue weighted by molar-refractivity contribution is 0.0929. The van der Waals surface area contributed by atoms with E-state index < -0.39 is 0 Å². The molecule has 0 fully saturated rings. The summed E-state index contributed by atoms with van der Waals surface area (Å²) in [6.45, 7) is 4.59. The van der Waals surface area contributed by atoms with Gasteiger partial charge in [0.15, 0.2) is 0 Å². The van der Waals surface area contributed by atoms with Crippen LogP contribution in [0.4, 0.5) is 0 Å². The molecule has 0 aliphatic heterocycles. The molecule has 0 saturated heterocycles. The lowest BCUT2D eigenvalue weighted by Gasteiger charge is -2.14. The number of benzene rings is 1. The van der Waals surface area contributed by atoms with Gasteiger partial charge in [-0.2, -0.15) is 5.10 Å². The van der Waals surface area contributed by atoms with Gasteiger partial charge in [0.1, 0.15) is 17.8 Å². The number of amides is 1. The van der Waals surface area contributed by atoms with Crippen LogP contribution in [0.2, 0.25) is 5.02 Å². The fourth-order valence-electron chi connectivity index (χ4n) is 2.71. The molecule has 7 heteroatoms. The number of carbonyl (C=O) groups excluding carboxylic acids is 1. The molecule has 1 atom stereocenters. The van der Waals surface area contributed by atoms with Gasteiger partial charge in [0.25, 0.3) is 5.91 Å². The van der Waals surface area contributed by atoms with Gasteiger partial charge in [-0.25, -0.2) is 9.67 Å². The van der Waals surface area contributed by atoms with Crippen molar-refractivity contribution in [1.82, 2.24) is 24.6 Å². The first-order valence-electron chi connectivity index (χ1n) is 7.44. The van der Waals surface area contributed by atoms with E-state index >= 15 is 0 Å². The van der Waals surface area contributed by atoms with E-state index in [9.17, 15) is 4.79 Å². The molecule has 1 amide bonds. The van der Waals surface area contributed by atoms with Crippen molar-refractivity contribution >= 4 is 28.4 Å². The van der Waals surface area contributed by atoms with Gasteiger partial charge in [0, 0.05) is 29.5 Å². The Morgan fingerprint density at radius 3 is 2.91 bits per heavy atom. The predicted octanol–water partition coefficient (Wildman–Crippen LogP) is 2.93. The van der Waals surface area contributed by atoms with E-state index in [1.807, 2.05) is 49.7 Å². The number of nitrogens with zero attached hydrogens (tertiary/aromatic N) is 4. The molecule has 0 radical (unpaired) electrons. The number of halogens is 1. The van der Waals surface area contributed by atoms with E-state index in [0.29, 0.717) is 17.3 Å². The summed E-state index contributed by atoms with van der Waals surface area (Å²) >= 11 is 6.03. The summed E-state index contributed by atoms with van der Waals surface area (Å²) in [6, 6.07) is 7.21. The van der Waals surface area contributed by atoms with Crippen molar-refractivity contribution in [2.75, 3.05) is 0 Å². The Hall–Kier alpha value is -2.34. The third-order valence-corrected chi connectivity index (χ3v) is 4.16. The van der Waals surface area contributed by atoms with Crippen LogP contribution in [0.15, 0.2) is 30.6 Å². The van der Waals surface area contributed by atoms with Crippen LogP contribution in [-0.4, -0.2) is 25.2 Å². The first-order chi connectivity index (χ1) is 11.0. The standard InChI is InChI=1S/C16H18ClN5O/c1-4-22-15(18-9-19-22)10(2)20-16(23)14-7-11-5-6-12(17)8-13(11)21(14)3/h5-10H,4H2,1-3H3,(H,20,23)/t10-/m0/s1. The third-order valence-electron chi connectivity index (χ3n) is 3.92. The molecule has 0 bridgehead atoms. The fourth-order valence-corrected chi connectivity index (χ4v) is 2.87. The van der Waals surface area contributed by atoms with E-state index in [0.717, 1.165) is 16.7 Å². The molecule has 23 heavy (non-hydrogen) atoms. The summed E-state index contributed by atoms with van der Waals surface area (Å²) in [6.07, 6.45) is 1.50. The van der Waals surface area contributed by atoms with E-state index in [1.165, 1.54) is 6.33 Å². The minimum atomic E-state index is -0.230. The molecular formula is C16H18ClN5O. The maximum absolute atomic E-state index is 12.6. The molecule has 0 spiro atoms. The molecule has 3 rings (SSSR count). The van der Waals surface area contributed by atoms with Crippen LogP contribution in [0.3, 0.4) is 0 Å². The zero-order valence-electron chi connectivity index (χ0n) is 13.2. The van der Waals surface area contributed by atoms with Gasteiger partial charge < -0.3 is 9.88 Å². The first kappa shape index (κ1) is 15.6. The minimum Gasteiger partial charge on any atom is -0.341 e.